The topological polar surface area (TPSA) is 12.0 Å². The van der Waals surface area contributed by atoms with Gasteiger partial charge in [-0.3, -0.25) is 0 Å². The van der Waals surface area contributed by atoms with Gasteiger partial charge >= 0.3 is 0 Å². The van der Waals surface area contributed by atoms with Gasteiger partial charge in [0, 0.05) is 23.7 Å². The summed E-state index contributed by atoms with van der Waals surface area (Å²) in [5.74, 6) is -0.398. The molecule has 0 fully saturated rings. The summed E-state index contributed by atoms with van der Waals surface area (Å²) in [6.07, 6.45) is 0. The van der Waals surface area contributed by atoms with E-state index in [-0.39, 0.29) is 6.54 Å². The van der Waals surface area contributed by atoms with Crippen LogP contribution in [0.3, 0.4) is 0 Å². The van der Waals surface area contributed by atoms with Crippen molar-refractivity contribution in [1.82, 2.24) is 0 Å². The van der Waals surface area contributed by atoms with Crippen LogP contribution in [-0.4, -0.2) is 0 Å². The molecule has 18 heavy (non-hydrogen) atoms. The second kappa shape index (κ2) is 5.83. The molecule has 0 aliphatic carbocycles. The van der Waals surface area contributed by atoms with E-state index in [2.05, 4.69) is 5.32 Å². The van der Waals surface area contributed by atoms with Gasteiger partial charge < -0.3 is 5.32 Å². The predicted molar refractivity (Wildman–Crippen MR) is 69.7 cm³/mol. The van der Waals surface area contributed by atoms with Crippen LogP contribution in [0.25, 0.3) is 0 Å². The molecule has 2 aromatic carbocycles. The lowest BCUT2D eigenvalue weighted by Crippen LogP contribution is -2.02. The lowest BCUT2D eigenvalue weighted by molar-refractivity contribution is 0.587. The van der Waals surface area contributed by atoms with Gasteiger partial charge in [0.1, 0.15) is 11.6 Å². The van der Waals surface area contributed by atoms with E-state index in [1.54, 1.807) is 0 Å². The van der Waals surface area contributed by atoms with Gasteiger partial charge in [-0.2, -0.15) is 0 Å². The Labute approximate surface area is 109 Å². The monoisotopic (exact) mass is 267 g/mol. The molecule has 4 heteroatoms. The average Bonchev–Trinajstić information content (AvgIpc) is 2.40. The summed E-state index contributed by atoms with van der Waals surface area (Å²) in [6, 6.07) is 10.9. The molecule has 2 rings (SSSR count). The van der Waals surface area contributed by atoms with Crippen molar-refractivity contribution in [2.45, 2.75) is 12.4 Å². The van der Waals surface area contributed by atoms with Gasteiger partial charge in [0.2, 0.25) is 0 Å². The highest BCUT2D eigenvalue weighted by atomic mass is 35.5. The lowest BCUT2D eigenvalue weighted by atomic mass is 10.2. The van der Waals surface area contributed by atoms with E-state index < -0.39 is 11.6 Å². The van der Waals surface area contributed by atoms with Crippen molar-refractivity contribution < 1.29 is 8.78 Å². The molecule has 0 heterocycles. The largest absolute Gasteiger partial charge is 0.381 e. The third-order valence-corrected chi connectivity index (χ3v) is 2.91. The maximum atomic E-state index is 13.4. The zero-order valence-corrected chi connectivity index (χ0v) is 10.3. The van der Waals surface area contributed by atoms with Gasteiger partial charge in [-0.15, -0.1) is 11.6 Å². The quantitative estimate of drug-likeness (QED) is 0.814. The zero-order chi connectivity index (χ0) is 13.0. The summed E-state index contributed by atoms with van der Waals surface area (Å²) >= 11 is 5.68. The maximum Gasteiger partial charge on any atom is 0.128 e. The number of benzene rings is 2. The number of hydrogen-bond acceptors (Lipinski definition) is 1. The van der Waals surface area contributed by atoms with E-state index in [1.807, 2.05) is 24.3 Å². The van der Waals surface area contributed by atoms with Crippen LogP contribution in [0.1, 0.15) is 11.1 Å². The van der Waals surface area contributed by atoms with Gasteiger partial charge in [-0.1, -0.05) is 12.1 Å². The van der Waals surface area contributed by atoms with E-state index in [1.165, 1.54) is 6.07 Å². The summed E-state index contributed by atoms with van der Waals surface area (Å²) in [4.78, 5) is 0. The van der Waals surface area contributed by atoms with Crippen LogP contribution < -0.4 is 5.32 Å². The predicted octanol–water partition coefficient (Wildman–Crippen LogP) is 4.32. The average molecular weight is 268 g/mol. The fraction of sp³-hybridized carbons (Fsp3) is 0.143. The number of alkyl halides is 1. The molecule has 0 amide bonds. The number of rotatable bonds is 4. The summed E-state index contributed by atoms with van der Waals surface area (Å²) < 4.78 is 26.3. The van der Waals surface area contributed by atoms with E-state index in [0.29, 0.717) is 11.4 Å². The first-order valence-electron chi connectivity index (χ1n) is 5.52. The Balaban J connectivity index is 2.04. The molecular weight excluding hydrogens is 256 g/mol. The minimum atomic E-state index is -0.439. The summed E-state index contributed by atoms with van der Waals surface area (Å²) in [6.45, 7) is 0.240. The molecule has 1 nitrogen and oxygen atoms in total. The Morgan fingerprint density at radius 3 is 2.39 bits per heavy atom. The highest BCUT2D eigenvalue weighted by molar-refractivity contribution is 6.17. The Morgan fingerprint density at radius 1 is 1.00 bits per heavy atom. The van der Waals surface area contributed by atoms with Crippen LogP contribution in [0.4, 0.5) is 14.5 Å². The van der Waals surface area contributed by atoms with E-state index in [0.717, 1.165) is 23.4 Å². The normalized spacial score (nSPS) is 10.4. The molecule has 0 atom stereocenters. The van der Waals surface area contributed by atoms with Crippen LogP contribution >= 0.6 is 11.6 Å². The first kappa shape index (κ1) is 12.8. The molecule has 0 unspecified atom stereocenters. The number of anilines is 1. The Bertz CT molecular complexity index is 526. The van der Waals surface area contributed by atoms with E-state index in [4.69, 9.17) is 11.6 Å². The van der Waals surface area contributed by atoms with Gasteiger partial charge in [-0.05, 0) is 35.9 Å². The second-order valence-electron chi connectivity index (χ2n) is 3.92. The fourth-order valence-corrected chi connectivity index (χ4v) is 1.77. The van der Waals surface area contributed by atoms with E-state index >= 15 is 0 Å². The maximum absolute atomic E-state index is 13.4. The highest BCUT2D eigenvalue weighted by Crippen LogP contribution is 2.14. The van der Waals surface area contributed by atoms with Gasteiger partial charge in [-0.25, -0.2) is 8.78 Å². The van der Waals surface area contributed by atoms with Crippen LogP contribution in [0.5, 0.6) is 0 Å². The van der Waals surface area contributed by atoms with Gasteiger partial charge in [0.15, 0.2) is 0 Å². The first-order chi connectivity index (χ1) is 8.69. The molecule has 94 valence electrons. The van der Waals surface area contributed by atoms with Crippen molar-refractivity contribution in [2.75, 3.05) is 5.32 Å². The Hall–Kier alpha value is -1.61. The Morgan fingerprint density at radius 2 is 1.72 bits per heavy atom. The molecule has 2 aromatic rings. The number of halogens is 3. The minimum Gasteiger partial charge on any atom is -0.381 e. The summed E-state index contributed by atoms with van der Waals surface area (Å²) in [5.41, 5.74) is 2.16. The van der Waals surface area contributed by atoms with Crippen LogP contribution in [0.15, 0.2) is 42.5 Å². The van der Waals surface area contributed by atoms with Crippen molar-refractivity contribution in [2.24, 2.45) is 0 Å². The Kier molecular flexibility index (Phi) is 4.15. The summed E-state index contributed by atoms with van der Waals surface area (Å²) in [5, 5.41) is 3.03. The van der Waals surface area contributed by atoms with E-state index in [9.17, 15) is 8.78 Å². The molecule has 0 bridgehead atoms. The number of nitrogens with one attached hydrogen (secondary N) is 1. The molecular formula is C14H12ClF2N. The standard InChI is InChI=1S/C14H12ClF2N/c15-8-10-1-4-13(5-2-10)18-9-11-7-12(16)3-6-14(11)17/h1-7,18H,8-9H2. The van der Waals surface area contributed by atoms with Crippen molar-refractivity contribution in [1.29, 1.82) is 0 Å². The zero-order valence-electron chi connectivity index (χ0n) is 9.59. The second-order valence-corrected chi connectivity index (χ2v) is 4.19. The van der Waals surface area contributed by atoms with Crippen LogP contribution in [-0.2, 0) is 12.4 Å². The molecule has 0 saturated carbocycles. The molecule has 0 saturated heterocycles. The first-order valence-corrected chi connectivity index (χ1v) is 6.05. The summed E-state index contributed by atoms with van der Waals surface area (Å²) in [7, 11) is 0. The smallest absolute Gasteiger partial charge is 0.128 e. The van der Waals surface area contributed by atoms with Crippen molar-refractivity contribution in [3.63, 3.8) is 0 Å². The molecule has 0 aliphatic heterocycles. The lowest BCUT2D eigenvalue weighted by Gasteiger charge is -2.08. The number of hydrogen-bond donors (Lipinski definition) is 1. The molecule has 0 aromatic heterocycles. The van der Waals surface area contributed by atoms with Gasteiger partial charge in [0.25, 0.3) is 0 Å². The molecule has 0 aliphatic rings. The molecule has 0 radical (unpaired) electrons. The fourth-order valence-electron chi connectivity index (χ4n) is 1.59. The molecule has 1 N–H and O–H groups in total. The highest BCUT2D eigenvalue weighted by Gasteiger charge is 2.03. The third kappa shape index (κ3) is 3.20. The minimum absolute atomic E-state index is 0.240. The van der Waals surface area contributed by atoms with Crippen molar-refractivity contribution in [3.8, 4) is 0 Å². The molecule has 0 spiro atoms. The third-order valence-electron chi connectivity index (χ3n) is 2.60. The van der Waals surface area contributed by atoms with Crippen LogP contribution in [0, 0.1) is 11.6 Å². The van der Waals surface area contributed by atoms with Gasteiger partial charge in [0.05, 0.1) is 0 Å². The van der Waals surface area contributed by atoms with Crippen molar-refractivity contribution >= 4 is 17.3 Å². The van der Waals surface area contributed by atoms with Crippen molar-refractivity contribution in [3.05, 3.63) is 65.2 Å². The SMILES string of the molecule is Fc1ccc(F)c(CNc2ccc(CCl)cc2)c1. The van der Waals surface area contributed by atoms with Crippen LogP contribution in [0.2, 0.25) is 0 Å².